The lowest BCUT2D eigenvalue weighted by Crippen LogP contribution is -2.04. The highest BCUT2D eigenvalue weighted by atomic mass is 19.1. The second-order valence-electron chi connectivity index (χ2n) is 2.68. The van der Waals surface area contributed by atoms with Gasteiger partial charge in [0.2, 0.25) is 0 Å². The molecule has 0 fully saturated rings. The molecule has 1 aromatic rings. The van der Waals surface area contributed by atoms with Crippen LogP contribution >= 0.6 is 0 Å². The summed E-state index contributed by atoms with van der Waals surface area (Å²) < 4.78 is 13.6. The lowest BCUT2D eigenvalue weighted by molar-refractivity contribution is 0.434. The monoisotopic (exact) mass is 171 g/mol. The van der Waals surface area contributed by atoms with Crippen LogP contribution in [0.4, 0.5) is 4.39 Å². The Hall–Kier alpha value is -0.900. The Morgan fingerprint density at radius 1 is 1.67 bits per heavy atom. The SMILES string of the molecule is CNCc1cnn(CCCF)c1. The minimum Gasteiger partial charge on any atom is -0.316 e. The number of rotatable bonds is 5. The van der Waals surface area contributed by atoms with Gasteiger partial charge in [0.15, 0.2) is 0 Å². The number of halogens is 1. The predicted molar refractivity (Wildman–Crippen MR) is 45.6 cm³/mol. The fourth-order valence-corrected chi connectivity index (χ4v) is 1.05. The summed E-state index contributed by atoms with van der Waals surface area (Å²) in [7, 11) is 1.89. The minimum absolute atomic E-state index is 0.277. The molecule has 1 aromatic heterocycles. The van der Waals surface area contributed by atoms with Crippen LogP contribution in [0.25, 0.3) is 0 Å². The fraction of sp³-hybridized carbons (Fsp3) is 0.625. The molecule has 3 nitrogen and oxygen atoms in total. The smallest absolute Gasteiger partial charge is 0.0912 e. The Kier molecular flexibility index (Phi) is 3.73. The topological polar surface area (TPSA) is 29.9 Å². The van der Waals surface area contributed by atoms with Crippen LogP contribution in [0, 0.1) is 0 Å². The first-order chi connectivity index (χ1) is 5.86. The normalized spacial score (nSPS) is 10.5. The van der Waals surface area contributed by atoms with E-state index < -0.39 is 0 Å². The van der Waals surface area contributed by atoms with Gasteiger partial charge in [-0.05, 0) is 13.5 Å². The molecule has 0 aliphatic rings. The summed E-state index contributed by atoms with van der Waals surface area (Å²) in [6.07, 6.45) is 4.28. The molecule has 68 valence electrons. The van der Waals surface area contributed by atoms with Crippen LogP contribution in [0.3, 0.4) is 0 Å². The number of nitrogens with one attached hydrogen (secondary N) is 1. The van der Waals surface area contributed by atoms with E-state index in [1.54, 1.807) is 10.9 Å². The number of alkyl halides is 1. The quantitative estimate of drug-likeness (QED) is 0.715. The maximum Gasteiger partial charge on any atom is 0.0912 e. The van der Waals surface area contributed by atoms with Gasteiger partial charge in [-0.15, -0.1) is 0 Å². The predicted octanol–water partition coefficient (Wildman–Crippen LogP) is 0.962. The highest BCUT2D eigenvalue weighted by molar-refractivity contribution is 5.02. The van der Waals surface area contributed by atoms with Gasteiger partial charge in [0.1, 0.15) is 0 Å². The van der Waals surface area contributed by atoms with Gasteiger partial charge in [0, 0.05) is 24.8 Å². The van der Waals surface area contributed by atoms with Crippen molar-refractivity contribution < 1.29 is 4.39 Å². The first-order valence-electron chi connectivity index (χ1n) is 4.08. The van der Waals surface area contributed by atoms with E-state index in [2.05, 4.69) is 10.4 Å². The second-order valence-corrected chi connectivity index (χ2v) is 2.68. The van der Waals surface area contributed by atoms with Gasteiger partial charge in [0.25, 0.3) is 0 Å². The minimum atomic E-state index is -0.277. The average molecular weight is 171 g/mol. The Labute approximate surface area is 71.6 Å². The van der Waals surface area contributed by atoms with E-state index in [1.807, 2.05) is 13.2 Å². The van der Waals surface area contributed by atoms with Crippen LogP contribution in [-0.2, 0) is 13.1 Å². The van der Waals surface area contributed by atoms with Gasteiger partial charge >= 0.3 is 0 Å². The van der Waals surface area contributed by atoms with E-state index >= 15 is 0 Å². The highest BCUT2D eigenvalue weighted by Crippen LogP contribution is 1.97. The van der Waals surface area contributed by atoms with Crippen LogP contribution in [0.1, 0.15) is 12.0 Å². The summed E-state index contributed by atoms with van der Waals surface area (Å²) in [5, 5.41) is 7.11. The van der Waals surface area contributed by atoms with Gasteiger partial charge in [0.05, 0.1) is 12.9 Å². The maximum atomic E-state index is 11.8. The van der Waals surface area contributed by atoms with Gasteiger partial charge in [-0.25, -0.2) is 0 Å². The molecule has 4 heteroatoms. The molecule has 1 N–H and O–H groups in total. The van der Waals surface area contributed by atoms with Gasteiger partial charge in [-0.1, -0.05) is 0 Å². The summed E-state index contributed by atoms with van der Waals surface area (Å²) in [4.78, 5) is 0. The molecule has 0 spiro atoms. The molecule has 1 heterocycles. The third-order valence-electron chi connectivity index (χ3n) is 1.59. The molecule has 12 heavy (non-hydrogen) atoms. The number of hydrogen-bond acceptors (Lipinski definition) is 2. The Morgan fingerprint density at radius 2 is 2.50 bits per heavy atom. The summed E-state index contributed by atoms with van der Waals surface area (Å²) in [5.74, 6) is 0. The van der Waals surface area contributed by atoms with Crippen molar-refractivity contribution in [2.75, 3.05) is 13.7 Å². The number of nitrogens with zero attached hydrogens (tertiary/aromatic N) is 2. The molecule has 1 rings (SSSR count). The van der Waals surface area contributed by atoms with Gasteiger partial charge < -0.3 is 5.32 Å². The van der Waals surface area contributed by atoms with Crippen LogP contribution in [0.5, 0.6) is 0 Å². The molecule has 0 bridgehead atoms. The molecule has 0 amide bonds. The molecular formula is C8H14FN3. The molecule has 0 unspecified atom stereocenters. The highest BCUT2D eigenvalue weighted by Gasteiger charge is 1.96. The third-order valence-corrected chi connectivity index (χ3v) is 1.59. The molecule has 0 saturated carbocycles. The van der Waals surface area contributed by atoms with Gasteiger partial charge in [-0.3, -0.25) is 9.07 Å². The van der Waals surface area contributed by atoms with Crippen molar-refractivity contribution in [2.45, 2.75) is 19.5 Å². The second kappa shape index (κ2) is 4.87. The lowest BCUT2D eigenvalue weighted by atomic mass is 10.4. The van der Waals surface area contributed by atoms with Crippen LogP contribution < -0.4 is 5.32 Å². The summed E-state index contributed by atoms with van der Waals surface area (Å²) in [6, 6.07) is 0. The molecule has 0 radical (unpaired) electrons. The first-order valence-corrected chi connectivity index (χ1v) is 4.08. The number of hydrogen-bond donors (Lipinski definition) is 1. The molecular weight excluding hydrogens is 157 g/mol. The lowest BCUT2D eigenvalue weighted by Gasteiger charge is -1.96. The zero-order valence-electron chi connectivity index (χ0n) is 7.26. The summed E-state index contributed by atoms with van der Waals surface area (Å²) in [5.41, 5.74) is 1.14. The number of aromatic nitrogens is 2. The average Bonchev–Trinajstić information content (AvgIpc) is 2.50. The molecule has 0 aliphatic heterocycles. The molecule has 0 saturated heterocycles. The Balaban J connectivity index is 2.41. The fourth-order valence-electron chi connectivity index (χ4n) is 1.05. The zero-order valence-corrected chi connectivity index (χ0v) is 7.26. The molecule has 0 aliphatic carbocycles. The standard InChI is InChI=1S/C8H14FN3/c1-10-5-8-6-11-12(7-8)4-2-3-9/h6-7,10H,2-5H2,1H3. The van der Waals surface area contributed by atoms with Crippen molar-refractivity contribution in [1.82, 2.24) is 15.1 Å². The van der Waals surface area contributed by atoms with Crippen molar-refractivity contribution in [2.24, 2.45) is 0 Å². The summed E-state index contributed by atoms with van der Waals surface area (Å²) in [6.45, 7) is 1.21. The van der Waals surface area contributed by atoms with Crippen LogP contribution in [0.2, 0.25) is 0 Å². The van der Waals surface area contributed by atoms with Crippen molar-refractivity contribution in [1.29, 1.82) is 0 Å². The number of aryl methyl sites for hydroxylation is 1. The van der Waals surface area contributed by atoms with Crippen molar-refractivity contribution in [3.8, 4) is 0 Å². The van der Waals surface area contributed by atoms with E-state index in [-0.39, 0.29) is 6.67 Å². The molecule has 0 atom stereocenters. The largest absolute Gasteiger partial charge is 0.316 e. The van der Waals surface area contributed by atoms with E-state index in [9.17, 15) is 4.39 Å². The van der Waals surface area contributed by atoms with Crippen LogP contribution in [-0.4, -0.2) is 23.5 Å². The van der Waals surface area contributed by atoms with Gasteiger partial charge in [-0.2, -0.15) is 5.10 Å². The molecule has 0 aromatic carbocycles. The zero-order chi connectivity index (χ0) is 8.81. The Morgan fingerprint density at radius 3 is 3.17 bits per heavy atom. The van der Waals surface area contributed by atoms with E-state index in [0.717, 1.165) is 12.1 Å². The van der Waals surface area contributed by atoms with Crippen LogP contribution in [0.15, 0.2) is 12.4 Å². The first kappa shape index (κ1) is 9.19. The Bertz CT molecular complexity index is 222. The van der Waals surface area contributed by atoms with Crippen molar-refractivity contribution in [3.05, 3.63) is 18.0 Å². The summed E-state index contributed by atoms with van der Waals surface area (Å²) >= 11 is 0. The third kappa shape index (κ3) is 2.62. The maximum absolute atomic E-state index is 11.8. The van der Waals surface area contributed by atoms with E-state index in [0.29, 0.717) is 13.0 Å². The van der Waals surface area contributed by atoms with E-state index in [4.69, 9.17) is 0 Å². The van der Waals surface area contributed by atoms with Crippen molar-refractivity contribution in [3.63, 3.8) is 0 Å². The van der Waals surface area contributed by atoms with Crippen molar-refractivity contribution >= 4 is 0 Å². The van der Waals surface area contributed by atoms with E-state index in [1.165, 1.54) is 0 Å².